The third kappa shape index (κ3) is 23.2. The number of carbonyl (C=O) groups is 3. The molecule has 0 aliphatic rings. The van der Waals surface area contributed by atoms with Gasteiger partial charge in [0.05, 0.1) is 109 Å². The lowest BCUT2D eigenvalue weighted by Gasteiger charge is -2.08. The molecule has 16 aromatic rings. The fourth-order valence-electron chi connectivity index (χ4n) is 11.7. The molecule has 12 aromatic carbocycles. The Kier molecular flexibility index (Phi) is 34.9. The number of H-pyrrole nitrogens is 2. The van der Waals surface area contributed by atoms with Crippen molar-refractivity contribution in [3.8, 4) is 11.1 Å². The van der Waals surface area contributed by atoms with E-state index in [4.69, 9.17) is 159 Å². The van der Waals surface area contributed by atoms with Gasteiger partial charge in [0.2, 0.25) is 0 Å². The summed E-state index contributed by atoms with van der Waals surface area (Å²) in [5, 5.41) is 61.6. The normalized spacial score (nSPS) is 10.5. The number of para-hydroxylation sites is 6. The molecule has 0 aliphatic heterocycles. The van der Waals surface area contributed by atoms with Gasteiger partial charge >= 0.3 is 25.0 Å². The quantitative estimate of drug-likeness (QED) is 0.0266. The Hall–Kier alpha value is -8.76. The van der Waals surface area contributed by atoms with Crippen LogP contribution in [0.3, 0.4) is 0 Å². The number of aliphatic carboxylic acids is 1. The van der Waals surface area contributed by atoms with Gasteiger partial charge in [-0.1, -0.05) is 281 Å². The number of hydrogen-bond donors (Lipinski definition) is 5. The van der Waals surface area contributed by atoms with E-state index >= 15 is 0 Å². The van der Waals surface area contributed by atoms with Crippen LogP contribution in [-0.2, 0) is 36.9 Å². The smallest absolute Gasteiger partial charge is 0.480 e. The number of benzene rings is 12. The van der Waals surface area contributed by atoms with Crippen molar-refractivity contribution in [1.29, 1.82) is 0 Å². The Morgan fingerprint density at radius 1 is 0.422 bits per heavy atom. The third-order valence-corrected chi connectivity index (χ3v) is 22.4. The SMILES string of the molecule is C.CCOC(=O)CC.CCOC(=O)Cn1c2ccccc2c2ccc(Cl)c(Cl)c21.Clc1cc2[nH]c3ccccc3c2cc1Cl.Clc1ccc2c([nH]c3ccccc32)c1Cl.O=C(O)Cn1c2ccccc2c2ccc(Cl)c(Cl)c21.O=[N+]([O-])c1ccccc1-c1ccc(Cl)c(Cl)c1.O=[N+]([O-])c1ccccc1I.OB(O)c1ccc(Cl)c(Cl)c1. The van der Waals surface area contributed by atoms with Crippen molar-refractivity contribution in [2.75, 3.05) is 13.2 Å². The molecule has 0 spiro atoms. The summed E-state index contributed by atoms with van der Waals surface area (Å²) in [7, 11) is -1.50. The maximum Gasteiger partial charge on any atom is 0.488 e. The predicted octanol–water partition coefficient (Wildman–Crippen LogP) is 27.1. The number of nitro benzene ring substituents is 2. The van der Waals surface area contributed by atoms with E-state index < -0.39 is 18.0 Å². The number of esters is 2. The molecule has 0 unspecified atom stereocenters. The van der Waals surface area contributed by atoms with Gasteiger partial charge in [0.15, 0.2) is 0 Å². The first kappa shape index (κ1) is 92.8. The van der Waals surface area contributed by atoms with Crippen molar-refractivity contribution in [3.63, 3.8) is 0 Å². The number of nitro groups is 2. The summed E-state index contributed by atoms with van der Waals surface area (Å²) in [6.07, 6.45) is 0.480. The van der Waals surface area contributed by atoms with E-state index in [0.717, 1.165) is 70.9 Å². The van der Waals surface area contributed by atoms with Crippen LogP contribution in [-0.4, -0.2) is 82.3 Å². The van der Waals surface area contributed by atoms with E-state index in [2.05, 4.69) is 26.8 Å². The van der Waals surface area contributed by atoms with Crippen LogP contribution in [0.4, 0.5) is 11.4 Å². The standard InChI is InChI=1S/C16H13Cl2NO2.C14H9Cl2NO2.C12H7Cl2NO2.2C12H7Cl2N.C6H5BCl2O2.C6H4INO2.C5H10O2.CH4/c1-2-21-14(20)9-19-13-6-4-3-5-10(13)11-7-8-12(17)15(18)16(11)19;15-10-6-5-9-8-3-1-2-4-11(8)17(7-12(18)19)14(9)13(10)16;13-10-6-5-8(7-11(10)14)9-3-1-2-4-12(9)15(16)17;13-9-5-8-7-3-1-2-4-11(7)15-12(8)6-10(9)14;13-9-6-5-8-7-3-1-2-4-10(7)15-12(8)11(9)14;8-5-2-1-4(7(10)11)3-6(5)9;7-5-3-1-2-4-6(5)8(9)10;1-3-5(6)7-4-2;/h3-8H,2,9H2,1H3;1-6H,7H2,(H,18,19);1-7H;2*1-6,15H;1-3,10-11H;1-4H;3-4H2,1-2H3;1H4. The second-order valence-electron chi connectivity index (χ2n) is 24.2. The number of nitrogens with zero attached hydrogens (tertiary/aromatic N) is 4. The number of aromatic amines is 2. The van der Waals surface area contributed by atoms with E-state index in [1.165, 1.54) is 41.1 Å². The van der Waals surface area contributed by atoms with Gasteiger partial charge in [-0.3, -0.25) is 34.6 Å². The number of hydrogen-bond acceptors (Lipinski definition) is 11. The van der Waals surface area contributed by atoms with E-state index in [9.17, 15) is 34.6 Å². The molecular weight excluding hydrogens is 1850 g/mol. The summed E-state index contributed by atoms with van der Waals surface area (Å²) in [4.78, 5) is 60.0. The van der Waals surface area contributed by atoms with Crippen LogP contribution in [0.25, 0.3) is 98.4 Å². The Bertz CT molecular complexity index is 6250. The first-order valence-corrected chi connectivity index (χ1v) is 39.9. The first-order chi connectivity index (χ1) is 55.0. The number of carbonyl (C=O) groups excluding carboxylic acids is 2. The Balaban J connectivity index is 0.000000168. The van der Waals surface area contributed by atoms with Crippen LogP contribution in [0, 0.1) is 23.8 Å². The maximum atomic E-state index is 11.9. The van der Waals surface area contributed by atoms with Crippen LogP contribution >= 0.6 is 162 Å². The van der Waals surface area contributed by atoms with Gasteiger partial charge < -0.3 is 43.7 Å². The van der Waals surface area contributed by atoms with Crippen molar-refractivity contribution < 1.29 is 48.9 Å². The average Bonchev–Trinajstić information content (AvgIpc) is 1.73. The van der Waals surface area contributed by atoms with E-state index in [-0.39, 0.29) is 48.8 Å². The molecule has 116 heavy (non-hydrogen) atoms. The van der Waals surface area contributed by atoms with Crippen LogP contribution < -0.4 is 5.46 Å². The molecule has 4 heterocycles. The van der Waals surface area contributed by atoms with Crippen molar-refractivity contribution >= 4 is 291 Å². The van der Waals surface area contributed by atoms with Gasteiger partial charge in [-0.2, -0.15) is 0 Å². The highest BCUT2D eigenvalue weighted by atomic mass is 127. The number of halogens is 13. The lowest BCUT2D eigenvalue weighted by atomic mass is 9.80. The molecule has 5 N–H and O–H groups in total. The van der Waals surface area contributed by atoms with Gasteiger partial charge in [0.25, 0.3) is 11.4 Å². The number of carboxylic acids is 1. The summed E-state index contributed by atoms with van der Waals surface area (Å²) in [5.74, 6) is -1.34. The number of rotatable bonds is 11. The molecule has 0 atom stereocenters. The highest BCUT2D eigenvalue weighted by Crippen LogP contribution is 2.41. The van der Waals surface area contributed by atoms with Crippen molar-refractivity contribution in [3.05, 3.63) is 315 Å². The summed E-state index contributed by atoms with van der Waals surface area (Å²) < 4.78 is 13.8. The monoisotopic (exact) mass is 1910 g/mol. The van der Waals surface area contributed by atoms with Gasteiger partial charge in [-0.25, -0.2) is 0 Å². The summed E-state index contributed by atoms with van der Waals surface area (Å²) in [5.41, 5.74) is 9.06. The maximum absolute atomic E-state index is 11.9. The van der Waals surface area contributed by atoms with Gasteiger partial charge in [-0.05, 0) is 138 Å². The van der Waals surface area contributed by atoms with Crippen LogP contribution in [0.2, 0.25) is 60.3 Å². The highest BCUT2D eigenvalue weighted by molar-refractivity contribution is 14.1. The minimum atomic E-state index is -1.50. The number of ether oxygens (including phenoxy) is 2. The molecule has 0 amide bonds. The molecule has 0 saturated heterocycles. The van der Waals surface area contributed by atoms with Crippen LogP contribution in [0.1, 0.15) is 34.6 Å². The second kappa shape index (κ2) is 43.6. The zero-order chi connectivity index (χ0) is 83.5. The van der Waals surface area contributed by atoms with Crippen LogP contribution in [0.5, 0.6) is 0 Å². The van der Waals surface area contributed by atoms with Gasteiger partial charge in [0.1, 0.15) is 13.1 Å². The molecule has 598 valence electrons. The molecule has 0 bridgehead atoms. The van der Waals surface area contributed by atoms with Crippen molar-refractivity contribution in [2.45, 2.75) is 47.7 Å². The summed E-state index contributed by atoms with van der Waals surface area (Å²) in [6.45, 7) is 6.16. The fraction of sp³-hybridized carbons (Fsp3) is 0.107. The van der Waals surface area contributed by atoms with E-state index in [1.54, 1.807) is 92.1 Å². The van der Waals surface area contributed by atoms with E-state index in [0.29, 0.717) is 106 Å². The summed E-state index contributed by atoms with van der Waals surface area (Å²) >= 11 is 73.6. The third-order valence-electron chi connectivity index (χ3n) is 16.9. The van der Waals surface area contributed by atoms with Gasteiger partial charge in [0, 0.05) is 89.2 Å². The zero-order valence-electron chi connectivity index (χ0n) is 60.3. The molecule has 0 fully saturated rings. The van der Waals surface area contributed by atoms with Crippen LogP contribution in [0.15, 0.2) is 231 Å². The number of fused-ring (bicyclic) bond motifs is 12. The molecule has 0 aliphatic carbocycles. The lowest BCUT2D eigenvalue weighted by Crippen LogP contribution is -2.29. The number of carboxylic acid groups (broad SMARTS) is 1. The Morgan fingerprint density at radius 3 is 1.34 bits per heavy atom. The molecule has 0 saturated carbocycles. The minimum Gasteiger partial charge on any atom is -0.480 e. The Labute approximate surface area is 738 Å². The topological polar surface area (TPSA) is 258 Å². The highest BCUT2D eigenvalue weighted by Gasteiger charge is 2.21. The number of nitrogens with one attached hydrogen (secondary N) is 2. The molecular formula is C84H66BCl12IN6O12. The molecule has 0 radical (unpaired) electrons. The molecule has 4 aromatic heterocycles. The average molecular weight is 1910 g/mol. The zero-order valence-corrected chi connectivity index (χ0v) is 71.5. The predicted molar refractivity (Wildman–Crippen MR) is 489 cm³/mol. The summed E-state index contributed by atoms with van der Waals surface area (Å²) in [6, 6.07) is 69.0. The second-order valence-corrected chi connectivity index (χ2v) is 30.1. The van der Waals surface area contributed by atoms with Gasteiger partial charge in [-0.15, -0.1) is 0 Å². The van der Waals surface area contributed by atoms with E-state index in [1.807, 2.05) is 148 Å². The lowest BCUT2D eigenvalue weighted by molar-refractivity contribution is -0.385. The first-order valence-electron chi connectivity index (χ1n) is 34.3. The number of aromatic nitrogens is 4. The fourth-order valence-corrected chi connectivity index (χ4v) is 14.5. The Morgan fingerprint density at radius 2 is 0.845 bits per heavy atom. The largest absolute Gasteiger partial charge is 0.488 e. The molecule has 16 rings (SSSR count). The van der Waals surface area contributed by atoms with Crippen molar-refractivity contribution in [1.82, 2.24) is 19.1 Å². The minimum absolute atomic E-state index is 0. The van der Waals surface area contributed by atoms with Crippen molar-refractivity contribution in [2.24, 2.45) is 0 Å². The molecule has 18 nitrogen and oxygen atoms in total. The molecule has 32 heteroatoms.